The van der Waals surface area contributed by atoms with E-state index in [4.69, 9.17) is 14.2 Å². The Kier molecular flexibility index (Phi) is 12.6. The fraction of sp³-hybridized carbons (Fsp3) is 0.490. The van der Waals surface area contributed by atoms with Gasteiger partial charge in [-0.25, -0.2) is 13.1 Å². The number of benzene rings is 3. The van der Waals surface area contributed by atoms with E-state index in [1.165, 1.54) is 23.3 Å². The van der Waals surface area contributed by atoms with E-state index in [9.17, 15) is 28.4 Å². The Morgan fingerprint density at radius 2 is 1.80 bits per heavy atom. The van der Waals surface area contributed by atoms with Gasteiger partial charge in [-0.3, -0.25) is 19.8 Å². The van der Waals surface area contributed by atoms with Crippen LogP contribution in [0.25, 0.3) is 11.0 Å². The van der Waals surface area contributed by atoms with Gasteiger partial charge in [-0.1, -0.05) is 38.1 Å². The van der Waals surface area contributed by atoms with Crippen LogP contribution in [0.4, 0.5) is 21.5 Å². The number of amides is 1. The summed E-state index contributed by atoms with van der Waals surface area (Å²) in [5.41, 5.74) is 2.56. The van der Waals surface area contributed by atoms with Crippen LogP contribution in [-0.4, -0.2) is 102 Å². The van der Waals surface area contributed by atoms with E-state index >= 15 is 4.39 Å². The number of hydrogen-bond donors (Lipinski definition) is 4. The normalized spacial score (nSPS) is 24.0. The highest BCUT2D eigenvalue weighted by Crippen LogP contribution is 2.52. The first kappa shape index (κ1) is 46.9. The van der Waals surface area contributed by atoms with E-state index in [-0.39, 0.29) is 52.5 Å². The molecule has 0 radical (unpaired) electrons. The Hall–Kier alpha value is -5.82. The number of H-pyrrole nitrogens is 1. The Balaban J connectivity index is 0.854. The minimum Gasteiger partial charge on any atom is -0.489 e. The fourth-order valence-corrected chi connectivity index (χ4v) is 12.5. The first-order valence-corrected chi connectivity index (χ1v) is 25.7. The molecule has 1 spiro atoms. The van der Waals surface area contributed by atoms with Crippen molar-refractivity contribution in [3.8, 4) is 17.2 Å². The van der Waals surface area contributed by atoms with Crippen LogP contribution in [-0.2, 0) is 21.2 Å². The highest BCUT2D eigenvalue weighted by atomic mass is 32.2. The topological polar surface area (TPSA) is 201 Å². The number of carbonyl (C=O) groups excluding carboxylic acids is 1. The number of nitrogens with one attached hydrogen (secondary N) is 3. The molecular weight excluding hydrogens is 906 g/mol. The molecule has 0 bridgehead atoms. The SMILES string of the molecule is CC(C)c1ccccc1C[C@H]1COCCN1C1CC2(CCN(c3ccc(C(=O)NS(=O)(=O)c4cc5c(c([N+](=O)[O-])c4)N[C@@H](C4CCC(C)(O)CC4)CO5)c(Oc4cc5cc[nH]c5nc4F)c3)CC2)C1. The summed E-state index contributed by atoms with van der Waals surface area (Å²) in [6.45, 7) is 10.3. The molecule has 16 nitrogen and oxygen atoms in total. The van der Waals surface area contributed by atoms with Crippen LogP contribution in [0.3, 0.4) is 0 Å². The van der Waals surface area contributed by atoms with Crippen molar-refractivity contribution in [2.75, 3.05) is 49.7 Å². The number of halogens is 1. The summed E-state index contributed by atoms with van der Waals surface area (Å²) >= 11 is 0. The molecule has 18 heteroatoms. The van der Waals surface area contributed by atoms with Crippen molar-refractivity contribution in [2.45, 2.75) is 113 Å². The number of aromatic nitrogens is 2. The van der Waals surface area contributed by atoms with Gasteiger partial charge in [0.25, 0.3) is 27.6 Å². The van der Waals surface area contributed by atoms with Crippen LogP contribution in [0.1, 0.15) is 99.5 Å². The molecule has 4 N–H and O–H groups in total. The van der Waals surface area contributed by atoms with Crippen LogP contribution < -0.4 is 24.4 Å². The van der Waals surface area contributed by atoms with Crippen molar-refractivity contribution in [3.63, 3.8) is 0 Å². The monoisotopic (exact) mass is 965 g/mol. The summed E-state index contributed by atoms with van der Waals surface area (Å²) in [7, 11) is -4.75. The number of pyridine rings is 1. The summed E-state index contributed by atoms with van der Waals surface area (Å²) in [6.07, 6.45) is 9.27. The van der Waals surface area contributed by atoms with Crippen molar-refractivity contribution < 1.29 is 41.8 Å². The maximum atomic E-state index is 15.5. The molecule has 2 saturated heterocycles. The molecule has 3 aliphatic heterocycles. The van der Waals surface area contributed by atoms with Gasteiger partial charge in [0.15, 0.2) is 17.2 Å². The van der Waals surface area contributed by atoms with Crippen LogP contribution >= 0.6 is 0 Å². The zero-order valence-corrected chi connectivity index (χ0v) is 40.0. The number of nitro benzene ring substituents is 1. The predicted molar refractivity (Wildman–Crippen MR) is 258 cm³/mol. The average Bonchev–Trinajstić information content (AvgIpc) is 3.77. The Bertz CT molecular complexity index is 2870. The van der Waals surface area contributed by atoms with E-state index in [2.05, 4.69) is 67.9 Å². The molecule has 1 amide bonds. The second-order valence-electron chi connectivity index (χ2n) is 20.5. The smallest absolute Gasteiger partial charge is 0.297 e. The fourth-order valence-electron chi connectivity index (χ4n) is 11.5. The number of rotatable bonds is 12. The number of hydrogen-bond acceptors (Lipinski definition) is 13. The third-order valence-corrected chi connectivity index (χ3v) is 16.8. The molecule has 2 saturated carbocycles. The predicted octanol–water partition coefficient (Wildman–Crippen LogP) is 8.45. The van der Waals surface area contributed by atoms with E-state index in [0.717, 1.165) is 82.8 Å². The van der Waals surface area contributed by atoms with Crippen molar-refractivity contribution >= 4 is 44.0 Å². The summed E-state index contributed by atoms with van der Waals surface area (Å²) in [4.78, 5) is 37.0. The third kappa shape index (κ3) is 9.60. The molecule has 366 valence electrons. The second-order valence-corrected chi connectivity index (χ2v) is 22.1. The number of aliphatic hydroxyl groups is 1. The van der Waals surface area contributed by atoms with Crippen LogP contribution in [0.2, 0.25) is 0 Å². The molecule has 5 aliphatic rings. The van der Waals surface area contributed by atoms with Crippen LogP contribution in [0.15, 0.2) is 77.8 Å². The molecule has 69 heavy (non-hydrogen) atoms. The molecular formula is C51H60FN7O9S. The number of nitro groups is 1. The van der Waals surface area contributed by atoms with Gasteiger partial charge in [-0.2, -0.15) is 9.37 Å². The second kappa shape index (κ2) is 18.5. The number of fused-ring (bicyclic) bond motifs is 2. The number of carbonyl (C=O) groups is 1. The Labute approximate surface area is 401 Å². The zero-order chi connectivity index (χ0) is 48.2. The van der Waals surface area contributed by atoms with E-state index in [0.29, 0.717) is 54.7 Å². The lowest BCUT2D eigenvalue weighted by Gasteiger charge is -2.57. The number of anilines is 2. The van der Waals surface area contributed by atoms with Gasteiger partial charge in [0.05, 0.1) is 40.2 Å². The minimum absolute atomic E-state index is 0.0399. The van der Waals surface area contributed by atoms with Gasteiger partial charge < -0.3 is 34.5 Å². The molecule has 5 heterocycles. The summed E-state index contributed by atoms with van der Waals surface area (Å²) in [5.74, 6) is -1.91. The first-order valence-electron chi connectivity index (χ1n) is 24.2. The number of morpholine rings is 1. The minimum atomic E-state index is -4.75. The van der Waals surface area contributed by atoms with Crippen LogP contribution in [0.5, 0.6) is 17.2 Å². The van der Waals surface area contributed by atoms with Gasteiger partial charge >= 0.3 is 0 Å². The largest absolute Gasteiger partial charge is 0.489 e. The molecule has 2 aliphatic carbocycles. The summed E-state index contributed by atoms with van der Waals surface area (Å²) < 4.78 is 63.6. The summed E-state index contributed by atoms with van der Waals surface area (Å²) in [5, 5.41) is 26.6. The lowest BCUT2D eigenvalue weighted by Crippen LogP contribution is -2.60. The number of piperidine rings is 1. The highest BCUT2D eigenvalue weighted by molar-refractivity contribution is 7.90. The lowest BCUT2D eigenvalue weighted by molar-refractivity contribution is -0.384. The molecule has 2 atom stereocenters. The molecule has 4 fully saturated rings. The quantitative estimate of drug-likeness (QED) is 0.0528. The third-order valence-electron chi connectivity index (χ3n) is 15.5. The Morgan fingerprint density at radius 3 is 2.55 bits per heavy atom. The zero-order valence-electron chi connectivity index (χ0n) is 39.2. The van der Waals surface area contributed by atoms with Gasteiger partial charge in [0, 0.05) is 67.2 Å². The molecule has 2 aromatic heterocycles. The summed E-state index contributed by atoms with van der Waals surface area (Å²) in [6, 6.07) is 19.2. The number of aromatic amines is 1. The van der Waals surface area contributed by atoms with Gasteiger partial charge in [0.1, 0.15) is 18.0 Å². The molecule has 5 aromatic rings. The average molecular weight is 966 g/mol. The van der Waals surface area contributed by atoms with Gasteiger partial charge in [-0.05, 0) is 117 Å². The van der Waals surface area contributed by atoms with Crippen molar-refractivity contribution in [2.24, 2.45) is 11.3 Å². The van der Waals surface area contributed by atoms with Crippen molar-refractivity contribution in [1.29, 1.82) is 0 Å². The molecule has 10 rings (SSSR count). The van der Waals surface area contributed by atoms with Gasteiger partial charge in [-0.15, -0.1) is 0 Å². The van der Waals surface area contributed by atoms with E-state index in [1.807, 2.05) is 0 Å². The molecule has 3 aromatic carbocycles. The van der Waals surface area contributed by atoms with E-state index in [1.54, 1.807) is 31.3 Å². The van der Waals surface area contributed by atoms with Gasteiger partial charge in [0.2, 0.25) is 0 Å². The first-order chi connectivity index (χ1) is 33.0. The van der Waals surface area contributed by atoms with E-state index < -0.39 is 43.0 Å². The number of sulfonamides is 1. The lowest BCUT2D eigenvalue weighted by atomic mass is 9.59. The number of nitrogens with zero attached hydrogens (tertiary/aromatic N) is 4. The van der Waals surface area contributed by atoms with Crippen molar-refractivity contribution in [3.05, 3.63) is 106 Å². The standard InChI is InChI=1S/C51H60FN7O9S/c1-31(2)39-7-5-4-6-33(39)22-36-29-66-21-20-58(36)37-27-51(28-37)15-18-57(19-16-51)35-8-9-40(43(24-35)68-45-23-34-12-17-53-48(34)55-47(45)52)49(60)56-69(64,65)38-25-42(59(62)63)46-44(26-38)67-30-41(54-46)32-10-13-50(3,61)14-11-32/h4-9,12,17,23-26,31-32,36-37,41,54,61H,10-11,13-16,18-22,27-30H2,1-3H3,(H,53,55)(H,56,60)/t32?,36-,41+,50?/m0/s1. The maximum absolute atomic E-state index is 15.5. The number of ether oxygens (including phenoxy) is 3. The van der Waals surface area contributed by atoms with Crippen molar-refractivity contribution in [1.82, 2.24) is 19.6 Å². The highest BCUT2D eigenvalue weighted by Gasteiger charge is 2.49. The molecule has 0 unspecified atom stereocenters. The van der Waals surface area contributed by atoms with Crippen LogP contribution in [0, 0.1) is 27.4 Å². The Morgan fingerprint density at radius 1 is 1.03 bits per heavy atom. The maximum Gasteiger partial charge on any atom is 0.297 e.